The first kappa shape index (κ1) is 26.2. The van der Waals surface area contributed by atoms with Crippen molar-refractivity contribution in [3.63, 3.8) is 0 Å². The maximum Gasteiger partial charge on any atom is 0.196 e. The summed E-state index contributed by atoms with van der Waals surface area (Å²) in [7, 11) is 0. The molecule has 0 heterocycles. The van der Waals surface area contributed by atoms with Crippen LogP contribution in [0, 0.1) is 5.41 Å². The van der Waals surface area contributed by atoms with E-state index in [0.717, 1.165) is 12.1 Å². The molecule has 3 N–H and O–H groups in total. The van der Waals surface area contributed by atoms with E-state index < -0.39 is 0 Å². The summed E-state index contributed by atoms with van der Waals surface area (Å²) < 4.78 is 6.27. The van der Waals surface area contributed by atoms with Crippen LogP contribution in [0.3, 0.4) is 0 Å². The Labute approximate surface area is 230 Å². The molecule has 0 aliphatic heterocycles. The van der Waals surface area contributed by atoms with Gasteiger partial charge in [0.25, 0.3) is 0 Å². The first-order chi connectivity index (χ1) is 18.4. The smallest absolute Gasteiger partial charge is 0.196 e. The van der Waals surface area contributed by atoms with Gasteiger partial charge in [0.05, 0.1) is 22.5 Å². The number of nitrogens with one attached hydrogen (secondary N) is 1. The minimum atomic E-state index is -0.293. The van der Waals surface area contributed by atoms with E-state index in [0.29, 0.717) is 28.3 Å². The van der Waals surface area contributed by atoms with Gasteiger partial charge in [0.15, 0.2) is 17.3 Å². The average molecular weight is 519 g/mol. The van der Waals surface area contributed by atoms with Gasteiger partial charge in [0, 0.05) is 22.9 Å². The first-order valence-corrected chi connectivity index (χ1v) is 13.2. The molecule has 5 rings (SSSR count). The van der Waals surface area contributed by atoms with Crippen molar-refractivity contribution in [2.45, 2.75) is 46.5 Å². The standard InChI is InChI=1S/C34H34N2O3/c1-33(2,3)20-34(4,5)21-15-17-23(18-16-21)39-27-19-26(36-22-11-7-6-8-12-22)28-29(30(27)35)32(38)25-14-10-9-13-24(25)31(28)37/h6-19,36H,20,35H2,1-5H3. The molecule has 0 bridgehead atoms. The fourth-order valence-electron chi connectivity index (χ4n) is 5.68. The van der Waals surface area contributed by atoms with Gasteiger partial charge in [0.2, 0.25) is 0 Å². The Bertz CT molecular complexity index is 1560. The number of carbonyl (C=O) groups excluding carboxylic acids is 2. The number of benzene rings is 4. The molecule has 0 fully saturated rings. The van der Waals surface area contributed by atoms with E-state index in [1.165, 1.54) is 5.56 Å². The maximum atomic E-state index is 13.6. The largest absolute Gasteiger partial charge is 0.455 e. The zero-order chi connectivity index (χ0) is 27.9. The number of hydrogen-bond acceptors (Lipinski definition) is 5. The van der Waals surface area contributed by atoms with E-state index in [2.05, 4.69) is 52.1 Å². The second-order valence-corrected chi connectivity index (χ2v) is 12.0. The van der Waals surface area contributed by atoms with Crippen LogP contribution in [-0.4, -0.2) is 11.6 Å². The van der Waals surface area contributed by atoms with E-state index >= 15 is 0 Å². The number of fused-ring (bicyclic) bond motifs is 2. The monoisotopic (exact) mass is 518 g/mol. The minimum absolute atomic E-state index is 0.00538. The Balaban J connectivity index is 1.56. The van der Waals surface area contributed by atoms with Crippen LogP contribution < -0.4 is 15.8 Å². The third-order valence-corrected chi connectivity index (χ3v) is 7.09. The molecule has 0 atom stereocenters. The Hall–Kier alpha value is -4.38. The second kappa shape index (κ2) is 9.73. The lowest BCUT2D eigenvalue weighted by Crippen LogP contribution is -2.24. The number of nitrogen functional groups attached to an aromatic ring is 1. The van der Waals surface area contributed by atoms with Crippen molar-refractivity contribution < 1.29 is 14.3 Å². The molecule has 1 aliphatic carbocycles. The lowest BCUT2D eigenvalue weighted by molar-refractivity contribution is 0.0980. The Kier molecular flexibility index (Phi) is 6.55. The molecule has 5 nitrogen and oxygen atoms in total. The fourth-order valence-corrected chi connectivity index (χ4v) is 5.68. The van der Waals surface area contributed by atoms with Crippen LogP contribution in [0.2, 0.25) is 0 Å². The highest BCUT2D eigenvalue weighted by Gasteiger charge is 2.35. The number of nitrogens with two attached hydrogens (primary N) is 1. The summed E-state index contributed by atoms with van der Waals surface area (Å²) >= 11 is 0. The Morgan fingerprint density at radius 3 is 1.90 bits per heavy atom. The molecule has 1 aliphatic rings. The molecule has 0 amide bonds. The molecule has 198 valence electrons. The van der Waals surface area contributed by atoms with Crippen molar-refractivity contribution in [2.24, 2.45) is 5.41 Å². The van der Waals surface area contributed by atoms with Gasteiger partial charge in [-0.2, -0.15) is 0 Å². The number of rotatable bonds is 6. The van der Waals surface area contributed by atoms with Gasteiger partial charge in [-0.1, -0.05) is 89.2 Å². The third kappa shape index (κ3) is 5.17. The number of para-hydroxylation sites is 1. The van der Waals surface area contributed by atoms with Crippen LogP contribution >= 0.6 is 0 Å². The summed E-state index contributed by atoms with van der Waals surface area (Å²) in [6, 6.07) is 26.0. The number of anilines is 3. The molecule has 0 unspecified atom stereocenters. The van der Waals surface area contributed by atoms with Crippen LogP contribution in [0.5, 0.6) is 11.5 Å². The number of ether oxygens (including phenoxy) is 1. The lowest BCUT2D eigenvalue weighted by atomic mass is 9.72. The summed E-state index contributed by atoms with van der Waals surface area (Å²) in [5, 5.41) is 3.31. The predicted molar refractivity (Wildman–Crippen MR) is 158 cm³/mol. The number of hydrogen-bond donors (Lipinski definition) is 2. The Morgan fingerprint density at radius 1 is 0.744 bits per heavy atom. The molecule has 39 heavy (non-hydrogen) atoms. The van der Waals surface area contributed by atoms with E-state index in [9.17, 15) is 9.59 Å². The van der Waals surface area contributed by atoms with Crippen LogP contribution in [-0.2, 0) is 5.41 Å². The van der Waals surface area contributed by atoms with Crippen LogP contribution in [0.25, 0.3) is 0 Å². The van der Waals surface area contributed by atoms with E-state index in [4.69, 9.17) is 10.5 Å². The molecule has 4 aromatic carbocycles. The summed E-state index contributed by atoms with van der Waals surface area (Å²) in [5.41, 5.74) is 10.5. The van der Waals surface area contributed by atoms with Gasteiger partial charge in [0.1, 0.15) is 5.75 Å². The van der Waals surface area contributed by atoms with Gasteiger partial charge >= 0.3 is 0 Å². The molecule has 4 aromatic rings. The first-order valence-electron chi connectivity index (χ1n) is 13.2. The SMILES string of the molecule is CC(C)(C)CC(C)(C)c1ccc(Oc2cc(Nc3ccccc3)c3c(c2N)C(=O)c2ccccc2C3=O)cc1. The zero-order valence-corrected chi connectivity index (χ0v) is 23.1. The molecule has 0 spiro atoms. The zero-order valence-electron chi connectivity index (χ0n) is 23.1. The molecule has 5 heteroatoms. The lowest BCUT2D eigenvalue weighted by Gasteiger charge is -2.33. The van der Waals surface area contributed by atoms with Gasteiger partial charge in [-0.25, -0.2) is 0 Å². The van der Waals surface area contributed by atoms with E-state index in [1.807, 2.05) is 42.5 Å². The second-order valence-electron chi connectivity index (χ2n) is 12.0. The van der Waals surface area contributed by atoms with Crippen molar-refractivity contribution in [1.29, 1.82) is 0 Å². The van der Waals surface area contributed by atoms with Crippen molar-refractivity contribution in [1.82, 2.24) is 0 Å². The molecular weight excluding hydrogens is 484 g/mol. The molecule has 0 saturated heterocycles. The van der Waals surface area contributed by atoms with E-state index in [-0.39, 0.29) is 39.2 Å². The third-order valence-electron chi connectivity index (χ3n) is 7.09. The van der Waals surface area contributed by atoms with Crippen LogP contribution in [0.1, 0.15) is 78.4 Å². The predicted octanol–water partition coefficient (Wildman–Crippen LogP) is 8.29. The van der Waals surface area contributed by atoms with E-state index in [1.54, 1.807) is 30.3 Å². The highest BCUT2D eigenvalue weighted by atomic mass is 16.5. The van der Waals surface area contributed by atoms with Crippen molar-refractivity contribution in [2.75, 3.05) is 11.1 Å². The molecule has 0 saturated carbocycles. The van der Waals surface area contributed by atoms with Crippen LogP contribution in [0.15, 0.2) is 84.9 Å². The molecule has 0 radical (unpaired) electrons. The summed E-state index contributed by atoms with van der Waals surface area (Å²) in [6.07, 6.45) is 1.03. The normalized spacial score (nSPS) is 13.1. The number of ketones is 2. The molecule has 0 aromatic heterocycles. The van der Waals surface area contributed by atoms with Crippen molar-refractivity contribution in [3.8, 4) is 11.5 Å². The van der Waals surface area contributed by atoms with Gasteiger partial charge < -0.3 is 15.8 Å². The van der Waals surface area contributed by atoms with Crippen molar-refractivity contribution >= 4 is 28.6 Å². The maximum absolute atomic E-state index is 13.6. The van der Waals surface area contributed by atoms with Gasteiger partial charge in [-0.15, -0.1) is 0 Å². The summed E-state index contributed by atoms with van der Waals surface area (Å²) in [4.78, 5) is 27.3. The quantitative estimate of drug-likeness (QED) is 0.221. The minimum Gasteiger partial charge on any atom is -0.455 e. The summed E-state index contributed by atoms with van der Waals surface area (Å²) in [5.74, 6) is 0.368. The van der Waals surface area contributed by atoms with Gasteiger partial charge in [-0.05, 0) is 47.1 Å². The highest BCUT2D eigenvalue weighted by Crippen LogP contribution is 2.43. The topological polar surface area (TPSA) is 81.4 Å². The van der Waals surface area contributed by atoms with Gasteiger partial charge in [-0.3, -0.25) is 9.59 Å². The van der Waals surface area contributed by atoms with Crippen LogP contribution in [0.4, 0.5) is 17.1 Å². The highest BCUT2D eigenvalue weighted by molar-refractivity contribution is 6.32. The fraction of sp³-hybridized carbons (Fsp3) is 0.235. The summed E-state index contributed by atoms with van der Waals surface area (Å²) in [6.45, 7) is 11.2. The van der Waals surface area contributed by atoms with Crippen molar-refractivity contribution in [3.05, 3.63) is 113 Å². The number of carbonyl (C=O) groups is 2. The Morgan fingerprint density at radius 2 is 1.31 bits per heavy atom. The molecular formula is C34H34N2O3. The average Bonchev–Trinajstić information content (AvgIpc) is 2.88.